The van der Waals surface area contributed by atoms with Gasteiger partial charge in [0.25, 0.3) is 11.8 Å². The van der Waals surface area contributed by atoms with E-state index in [1.54, 1.807) is 30.6 Å². The summed E-state index contributed by atoms with van der Waals surface area (Å²) in [6.45, 7) is 1.83. The summed E-state index contributed by atoms with van der Waals surface area (Å²) in [6, 6.07) is 7.03. The third-order valence-electron chi connectivity index (χ3n) is 5.85. The lowest BCUT2D eigenvalue weighted by molar-refractivity contribution is 0.0876. The minimum absolute atomic E-state index is 0.101. The highest BCUT2D eigenvalue weighted by Gasteiger charge is 2.43. The van der Waals surface area contributed by atoms with Crippen molar-refractivity contribution in [2.75, 3.05) is 5.32 Å². The van der Waals surface area contributed by atoms with Gasteiger partial charge in [0.05, 0.1) is 5.69 Å². The highest BCUT2D eigenvalue weighted by Crippen LogP contribution is 2.45. The van der Waals surface area contributed by atoms with Crippen molar-refractivity contribution >= 4 is 17.5 Å². The molecule has 2 N–H and O–H groups in total. The van der Waals surface area contributed by atoms with E-state index < -0.39 is 0 Å². The zero-order chi connectivity index (χ0) is 18.9. The molecule has 2 bridgehead atoms. The molecule has 0 aliphatic heterocycles. The highest BCUT2D eigenvalue weighted by molar-refractivity contribution is 6.08. The second kappa shape index (κ2) is 7.10. The van der Waals surface area contributed by atoms with E-state index in [1.165, 1.54) is 12.8 Å². The van der Waals surface area contributed by atoms with Crippen LogP contribution in [-0.2, 0) is 0 Å². The molecule has 2 saturated carbocycles. The number of carbonyl (C=O) groups is 2. The summed E-state index contributed by atoms with van der Waals surface area (Å²) in [5, 5.41) is 6.04. The van der Waals surface area contributed by atoms with Crippen LogP contribution in [0.3, 0.4) is 0 Å². The topological polar surface area (TPSA) is 84.0 Å². The summed E-state index contributed by atoms with van der Waals surface area (Å²) >= 11 is 0. The Morgan fingerprint density at radius 2 is 1.81 bits per heavy atom. The smallest absolute Gasteiger partial charge is 0.274 e. The monoisotopic (exact) mass is 364 g/mol. The molecular formula is C21H24N4O2. The summed E-state index contributed by atoms with van der Waals surface area (Å²) in [6.07, 6.45) is 9.89. The first-order valence-corrected chi connectivity index (χ1v) is 9.57. The normalized spacial score (nSPS) is 23.7. The maximum atomic E-state index is 13.0. The fourth-order valence-electron chi connectivity index (χ4n) is 4.51. The maximum Gasteiger partial charge on any atom is 0.274 e. The number of hydrogen-bond acceptors (Lipinski definition) is 4. The van der Waals surface area contributed by atoms with Crippen LogP contribution in [0.25, 0.3) is 0 Å². The molecule has 2 fully saturated rings. The SMILES string of the molecule is Cc1cccnc1C(=O)Nc1cccnc1C(=O)NC12CCCC(CC1)C2. The molecule has 2 heterocycles. The molecule has 6 nitrogen and oxygen atoms in total. The lowest BCUT2D eigenvalue weighted by atomic mass is 9.83. The van der Waals surface area contributed by atoms with Gasteiger partial charge in [-0.2, -0.15) is 0 Å². The molecule has 0 radical (unpaired) electrons. The van der Waals surface area contributed by atoms with E-state index >= 15 is 0 Å². The van der Waals surface area contributed by atoms with Crippen LogP contribution in [0, 0.1) is 12.8 Å². The summed E-state index contributed by atoms with van der Waals surface area (Å²) in [5.41, 5.74) is 1.69. The highest BCUT2D eigenvalue weighted by atomic mass is 16.2. The molecule has 6 heteroatoms. The predicted octanol–water partition coefficient (Wildman–Crippen LogP) is 3.49. The summed E-state index contributed by atoms with van der Waals surface area (Å²) in [5.74, 6) is 0.173. The molecule has 0 aromatic carbocycles. The Morgan fingerprint density at radius 1 is 1.04 bits per heavy atom. The Labute approximate surface area is 158 Å². The molecule has 2 aromatic heterocycles. The van der Waals surface area contributed by atoms with Gasteiger partial charge in [0.15, 0.2) is 5.69 Å². The van der Waals surface area contributed by atoms with E-state index in [0.717, 1.165) is 37.2 Å². The summed E-state index contributed by atoms with van der Waals surface area (Å²) in [4.78, 5) is 33.9. The van der Waals surface area contributed by atoms with Gasteiger partial charge < -0.3 is 10.6 Å². The number of aryl methyl sites for hydroxylation is 1. The zero-order valence-electron chi connectivity index (χ0n) is 15.5. The number of anilines is 1. The van der Waals surface area contributed by atoms with Gasteiger partial charge in [-0.1, -0.05) is 18.9 Å². The molecule has 140 valence electrons. The number of amides is 2. The number of carbonyl (C=O) groups excluding carboxylic acids is 2. The van der Waals surface area contributed by atoms with E-state index in [0.29, 0.717) is 11.4 Å². The van der Waals surface area contributed by atoms with Crippen molar-refractivity contribution in [3.05, 3.63) is 53.6 Å². The van der Waals surface area contributed by atoms with Gasteiger partial charge in [0.1, 0.15) is 5.69 Å². The van der Waals surface area contributed by atoms with Gasteiger partial charge in [0.2, 0.25) is 0 Å². The number of nitrogens with zero attached hydrogens (tertiary/aromatic N) is 2. The Bertz CT molecular complexity index is 878. The molecule has 27 heavy (non-hydrogen) atoms. The molecule has 0 saturated heterocycles. The van der Waals surface area contributed by atoms with Crippen molar-refractivity contribution in [3.8, 4) is 0 Å². The van der Waals surface area contributed by atoms with Crippen LogP contribution in [0.4, 0.5) is 5.69 Å². The van der Waals surface area contributed by atoms with Gasteiger partial charge in [0, 0.05) is 17.9 Å². The molecule has 2 aliphatic rings. The number of aromatic nitrogens is 2. The van der Waals surface area contributed by atoms with Crippen molar-refractivity contribution in [2.45, 2.75) is 51.0 Å². The minimum atomic E-state index is -0.341. The van der Waals surface area contributed by atoms with E-state index in [1.807, 2.05) is 13.0 Å². The average molecular weight is 364 g/mol. The lowest BCUT2D eigenvalue weighted by Gasteiger charge is -2.34. The van der Waals surface area contributed by atoms with Crippen molar-refractivity contribution in [1.29, 1.82) is 0 Å². The molecule has 2 atom stereocenters. The molecule has 0 spiro atoms. The molecule has 4 rings (SSSR count). The van der Waals surface area contributed by atoms with Gasteiger partial charge in [-0.05, 0) is 62.3 Å². The standard InChI is InChI=1S/C21H24N4O2/c1-14-5-3-11-22-17(14)19(26)24-16-7-4-12-23-18(16)20(27)25-21-9-2-6-15(13-21)8-10-21/h3-5,7,11-12,15H,2,6,8-10,13H2,1H3,(H,24,26)(H,25,27). The van der Waals surface area contributed by atoms with Crippen LogP contribution >= 0.6 is 0 Å². The number of hydrogen-bond donors (Lipinski definition) is 2. The minimum Gasteiger partial charge on any atom is -0.345 e. The van der Waals surface area contributed by atoms with Crippen molar-refractivity contribution < 1.29 is 9.59 Å². The number of fused-ring (bicyclic) bond motifs is 2. The molecule has 2 amide bonds. The Kier molecular flexibility index (Phi) is 4.64. The summed E-state index contributed by atoms with van der Waals surface area (Å²) < 4.78 is 0. The first-order chi connectivity index (χ1) is 13.1. The second-order valence-electron chi connectivity index (χ2n) is 7.76. The number of nitrogens with one attached hydrogen (secondary N) is 2. The van der Waals surface area contributed by atoms with Gasteiger partial charge in [-0.15, -0.1) is 0 Å². The molecular weight excluding hydrogens is 340 g/mol. The summed E-state index contributed by atoms with van der Waals surface area (Å²) in [7, 11) is 0. The van der Waals surface area contributed by atoms with Crippen molar-refractivity contribution in [1.82, 2.24) is 15.3 Å². The third kappa shape index (κ3) is 3.56. The van der Waals surface area contributed by atoms with Crippen LogP contribution in [0.2, 0.25) is 0 Å². The fraction of sp³-hybridized carbons (Fsp3) is 0.429. The van der Waals surface area contributed by atoms with E-state index in [2.05, 4.69) is 20.6 Å². The molecule has 2 aliphatic carbocycles. The Morgan fingerprint density at radius 3 is 2.63 bits per heavy atom. The number of rotatable bonds is 4. The van der Waals surface area contributed by atoms with Crippen molar-refractivity contribution in [2.24, 2.45) is 5.92 Å². The lowest BCUT2D eigenvalue weighted by Crippen LogP contribution is -2.48. The average Bonchev–Trinajstić information content (AvgIpc) is 2.95. The number of pyridine rings is 2. The van der Waals surface area contributed by atoms with Crippen LogP contribution in [0.5, 0.6) is 0 Å². The Hall–Kier alpha value is -2.76. The fourth-order valence-corrected chi connectivity index (χ4v) is 4.51. The molecule has 2 aromatic rings. The van der Waals surface area contributed by atoms with Gasteiger partial charge in [-0.25, -0.2) is 4.98 Å². The third-order valence-corrected chi connectivity index (χ3v) is 5.85. The van der Waals surface area contributed by atoms with Gasteiger partial charge in [-0.3, -0.25) is 14.6 Å². The quantitative estimate of drug-likeness (QED) is 0.870. The van der Waals surface area contributed by atoms with Crippen LogP contribution in [0.15, 0.2) is 36.7 Å². The molecule has 2 unspecified atom stereocenters. The van der Waals surface area contributed by atoms with Gasteiger partial charge >= 0.3 is 0 Å². The van der Waals surface area contributed by atoms with Crippen LogP contribution < -0.4 is 10.6 Å². The largest absolute Gasteiger partial charge is 0.345 e. The van der Waals surface area contributed by atoms with E-state index in [-0.39, 0.29) is 23.0 Å². The first kappa shape index (κ1) is 17.6. The van der Waals surface area contributed by atoms with E-state index in [4.69, 9.17) is 0 Å². The van der Waals surface area contributed by atoms with Crippen LogP contribution in [0.1, 0.15) is 65.1 Å². The van der Waals surface area contributed by atoms with Crippen molar-refractivity contribution in [3.63, 3.8) is 0 Å². The Balaban J connectivity index is 1.53. The predicted molar refractivity (Wildman–Crippen MR) is 103 cm³/mol. The zero-order valence-corrected chi connectivity index (χ0v) is 15.5. The van der Waals surface area contributed by atoms with E-state index in [9.17, 15) is 9.59 Å². The van der Waals surface area contributed by atoms with Crippen LogP contribution in [-0.4, -0.2) is 27.3 Å². The second-order valence-corrected chi connectivity index (χ2v) is 7.76. The first-order valence-electron chi connectivity index (χ1n) is 9.57. The maximum absolute atomic E-state index is 13.0.